The number of hydrogen-bond donors (Lipinski definition) is 1. The first kappa shape index (κ1) is 17.6. The monoisotopic (exact) mass is 375 g/mol. The third-order valence-electron chi connectivity index (χ3n) is 4.87. The van der Waals surface area contributed by atoms with Crippen LogP contribution in [0.3, 0.4) is 0 Å². The SMILES string of the molecule is CC1Cc2nn3cnn(C(C)c4ccc(OC(F)F)cc4)c(=O)c3c2CN1. The van der Waals surface area contributed by atoms with Crippen LogP contribution in [0.25, 0.3) is 5.52 Å². The zero-order valence-corrected chi connectivity index (χ0v) is 14.9. The van der Waals surface area contributed by atoms with Gasteiger partial charge in [-0.3, -0.25) is 4.79 Å². The molecule has 2 unspecified atom stereocenters. The van der Waals surface area contributed by atoms with E-state index in [1.807, 2.05) is 6.92 Å². The molecule has 0 amide bonds. The van der Waals surface area contributed by atoms with Gasteiger partial charge in [-0.1, -0.05) is 12.1 Å². The number of ether oxygens (including phenoxy) is 1. The Labute approximate surface area is 153 Å². The van der Waals surface area contributed by atoms with E-state index < -0.39 is 6.61 Å². The Kier molecular flexibility index (Phi) is 4.39. The van der Waals surface area contributed by atoms with E-state index in [-0.39, 0.29) is 17.4 Å². The summed E-state index contributed by atoms with van der Waals surface area (Å²) in [6.45, 7) is 1.63. The number of fused-ring (bicyclic) bond motifs is 3. The lowest BCUT2D eigenvalue weighted by molar-refractivity contribution is -0.0498. The van der Waals surface area contributed by atoms with E-state index >= 15 is 0 Å². The number of rotatable bonds is 4. The van der Waals surface area contributed by atoms with Gasteiger partial charge in [0.2, 0.25) is 0 Å². The zero-order valence-electron chi connectivity index (χ0n) is 14.9. The minimum Gasteiger partial charge on any atom is -0.435 e. The molecule has 2 atom stereocenters. The van der Waals surface area contributed by atoms with Gasteiger partial charge in [-0.2, -0.15) is 19.0 Å². The van der Waals surface area contributed by atoms with Crippen molar-refractivity contribution in [3.8, 4) is 5.75 Å². The third kappa shape index (κ3) is 3.18. The lowest BCUT2D eigenvalue weighted by atomic mass is 10.0. The number of nitrogens with one attached hydrogen (secondary N) is 1. The molecule has 0 radical (unpaired) electrons. The van der Waals surface area contributed by atoms with Gasteiger partial charge in [-0.05, 0) is 31.5 Å². The van der Waals surface area contributed by atoms with E-state index in [0.717, 1.165) is 23.2 Å². The maximum Gasteiger partial charge on any atom is 0.387 e. The van der Waals surface area contributed by atoms with Gasteiger partial charge in [0.1, 0.15) is 17.6 Å². The molecular formula is C18H19F2N5O2. The van der Waals surface area contributed by atoms with Crippen LogP contribution in [0.15, 0.2) is 35.4 Å². The second kappa shape index (κ2) is 6.73. The second-order valence-electron chi connectivity index (χ2n) is 6.71. The standard InChI is InChI=1S/C18H19F2N5O2/c1-10-7-15-14(8-21-10)16-17(26)25(22-9-24(16)23-15)11(2)12-3-5-13(6-4-12)27-18(19)20/h3-6,9-11,18,21H,7-8H2,1-2H3. The summed E-state index contributed by atoms with van der Waals surface area (Å²) in [5, 5.41) is 12.1. The molecular weight excluding hydrogens is 356 g/mol. The number of halogens is 2. The molecule has 2 aromatic heterocycles. The van der Waals surface area contributed by atoms with Crippen molar-refractivity contribution in [3.63, 3.8) is 0 Å². The molecule has 1 aliphatic rings. The first-order chi connectivity index (χ1) is 12.9. The lowest BCUT2D eigenvalue weighted by Gasteiger charge is -2.19. The average molecular weight is 375 g/mol. The maximum absolute atomic E-state index is 13.1. The quantitative estimate of drug-likeness (QED) is 0.756. The second-order valence-corrected chi connectivity index (χ2v) is 6.71. The molecule has 0 fully saturated rings. The molecule has 4 rings (SSSR count). The Morgan fingerprint density at radius 1 is 1.30 bits per heavy atom. The van der Waals surface area contributed by atoms with Gasteiger partial charge in [0.05, 0.1) is 11.7 Å². The summed E-state index contributed by atoms with van der Waals surface area (Å²) in [5.74, 6) is 0.0711. The van der Waals surface area contributed by atoms with Crippen molar-refractivity contribution in [1.29, 1.82) is 0 Å². The van der Waals surface area contributed by atoms with Crippen molar-refractivity contribution in [3.05, 3.63) is 57.8 Å². The molecule has 1 aliphatic heterocycles. The number of alkyl halides is 2. The van der Waals surface area contributed by atoms with Crippen LogP contribution in [0.1, 0.15) is 36.7 Å². The highest BCUT2D eigenvalue weighted by atomic mass is 19.3. The molecule has 0 spiro atoms. The Hall–Kier alpha value is -2.81. The summed E-state index contributed by atoms with van der Waals surface area (Å²) < 4.78 is 31.9. The minimum atomic E-state index is -2.87. The summed E-state index contributed by atoms with van der Waals surface area (Å²) in [4.78, 5) is 13.1. The molecule has 0 saturated heterocycles. The smallest absolute Gasteiger partial charge is 0.387 e. The van der Waals surface area contributed by atoms with Crippen molar-refractivity contribution < 1.29 is 13.5 Å². The molecule has 3 aromatic rings. The lowest BCUT2D eigenvalue weighted by Crippen LogP contribution is -2.33. The first-order valence-electron chi connectivity index (χ1n) is 8.70. The van der Waals surface area contributed by atoms with Crippen molar-refractivity contribution in [2.75, 3.05) is 0 Å². The Balaban J connectivity index is 1.71. The van der Waals surface area contributed by atoms with E-state index in [0.29, 0.717) is 18.1 Å². The summed E-state index contributed by atoms with van der Waals surface area (Å²) in [6, 6.07) is 6.14. The predicted octanol–water partition coefficient (Wildman–Crippen LogP) is 2.14. The van der Waals surface area contributed by atoms with E-state index in [1.165, 1.54) is 27.7 Å². The topological polar surface area (TPSA) is 73.5 Å². The molecule has 1 N–H and O–H groups in total. The van der Waals surface area contributed by atoms with Crippen LogP contribution >= 0.6 is 0 Å². The van der Waals surface area contributed by atoms with Crippen molar-refractivity contribution in [2.24, 2.45) is 0 Å². The molecule has 0 aliphatic carbocycles. The molecule has 1 aromatic carbocycles. The summed E-state index contributed by atoms with van der Waals surface area (Å²) in [5.41, 5.74) is 2.86. The van der Waals surface area contributed by atoms with E-state index in [4.69, 9.17) is 0 Å². The van der Waals surface area contributed by atoms with Crippen LogP contribution < -0.4 is 15.6 Å². The number of hydrogen-bond acceptors (Lipinski definition) is 5. The predicted molar refractivity (Wildman–Crippen MR) is 94.1 cm³/mol. The largest absolute Gasteiger partial charge is 0.435 e. The zero-order chi connectivity index (χ0) is 19.1. The van der Waals surface area contributed by atoms with Crippen LogP contribution in [0.2, 0.25) is 0 Å². The molecule has 142 valence electrons. The molecule has 9 heteroatoms. The fourth-order valence-corrected chi connectivity index (χ4v) is 3.42. The van der Waals surface area contributed by atoms with Crippen LogP contribution in [0.5, 0.6) is 5.75 Å². The van der Waals surface area contributed by atoms with E-state index in [9.17, 15) is 13.6 Å². The number of benzene rings is 1. The summed E-state index contributed by atoms with van der Waals surface area (Å²) in [6.07, 6.45) is 2.29. The van der Waals surface area contributed by atoms with Gasteiger partial charge in [-0.15, -0.1) is 0 Å². The van der Waals surface area contributed by atoms with Gasteiger partial charge < -0.3 is 10.1 Å². The molecule has 3 heterocycles. The Morgan fingerprint density at radius 3 is 2.74 bits per heavy atom. The molecule has 27 heavy (non-hydrogen) atoms. The highest BCUT2D eigenvalue weighted by Gasteiger charge is 2.24. The first-order valence-corrected chi connectivity index (χ1v) is 8.70. The number of aromatic nitrogens is 4. The minimum absolute atomic E-state index is 0.0711. The Bertz CT molecular complexity index is 1030. The van der Waals surface area contributed by atoms with Crippen molar-refractivity contribution in [1.82, 2.24) is 24.7 Å². The van der Waals surface area contributed by atoms with Crippen LogP contribution in [0.4, 0.5) is 8.78 Å². The number of nitrogens with zero attached hydrogens (tertiary/aromatic N) is 4. The van der Waals surface area contributed by atoms with Crippen LogP contribution in [-0.2, 0) is 13.0 Å². The fraction of sp³-hybridized carbons (Fsp3) is 0.389. The highest BCUT2D eigenvalue weighted by molar-refractivity contribution is 5.55. The van der Waals surface area contributed by atoms with E-state index in [2.05, 4.69) is 27.2 Å². The van der Waals surface area contributed by atoms with Crippen molar-refractivity contribution >= 4 is 5.52 Å². The van der Waals surface area contributed by atoms with Gasteiger partial charge in [-0.25, -0.2) is 9.20 Å². The van der Waals surface area contributed by atoms with Crippen molar-refractivity contribution in [2.45, 2.75) is 45.5 Å². The third-order valence-corrected chi connectivity index (χ3v) is 4.87. The highest BCUT2D eigenvalue weighted by Crippen LogP contribution is 2.22. The van der Waals surface area contributed by atoms with Gasteiger partial charge in [0.25, 0.3) is 5.56 Å². The summed E-state index contributed by atoms with van der Waals surface area (Å²) >= 11 is 0. The molecule has 0 bridgehead atoms. The van der Waals surface area contributed by atoms with Gasteiger partial charge in [0.15, 0.2) is 0 Å². The molecule has 0 saturated carbocycles. The van der Waals surface area contributed by atoms with Gasteiger partial charge in [0, 0.05) is 24.6 Å². The summed E-state index contributed by atoms with van der Waals surface area (Å²) in [7, 11) is 0. The normalized spacial score (nSPS) is 17.9. The van der Waals surface area contributed by atoms with E-state index in [1.54, 1.807) is 12.1 Å². The fourth-order valence-electron chi connectivity index (χ4n) is 3.42. The maximum atomic E-state index is 13.1. The van der Waals surface area contributed by atoms with Crippen LogP contribution in [-0.4, -0.2) is 32.0 Å². The van der Waals surface area contributed by atoms with Gasteiger partial charge >= 0.3 is 6.61 Å². The molecule has 7 nitrogen and oxygen atoms in total. The van der Waals surface area contributed by atoms with Crippen LogP contribution in [0, 0.1) is 0 Å². The average Bonchev–Trinajstić information content (AvgIpc) is 3.00. The Morgan fingerprint density at radius 2 is 2.04 bits per heavy atom.